The molecule has 3 unspecified atom stereocenters. The Morgan fingerprint density at radius 1 is 1.13 bits per heavy atom. The minimum absolute atomic E-state index is 0.739. The van der Waals surface area contributed by atoms with Crippen molar-refractivity contribution in [1.29, 1.82) is 0 Å². The van der Waals surface area contributed by atoms with Gasteiger partial charge in [-0.05, 0) is 45.2 Å². The van der Waals surface area contributed by atoms with E-state index in [1.807, 2.05) is 0 Å². The maximum Gasteiger partial charge on any atom is 0.0195 e. The topological polar surface area (TPSA) is 15.3 Å². The first-order valence-electron chi connectivity index (χ1n) is 6.74. The lowest BCUT2D eigenvalue weighted by Gasteiger charge is -2.39. The van der Waals surface area contributed by atoms with Gasteiger partial charge in [0.2, 0.25) is 0 Å². The van der Waals surface area contributed by atoms with Crippen LogP contribution in [0.25, 0.3) is 0 Å². The molecule has 0 radical (unpaired) electrons. The fourth-order valence-electron chi connectivity index (χ4n) is 3.28. The van der Waals surface area contributed by atoms with Crippen LogP contribution in [0.3, 0.4) is 0 Å². The summed E-state index contributed by atoms with van der Waals surface area (Å²) in [5.74, 6) is 0.951. The second-order valence-electron chi connectivity index (χ2n) is 5.57. The zero-order chi connectivity index (χ0) is 10.7. The Morgan fingerprint density at radius 3 is 2.80 bits per heavy atom. The third-order valence-electron chi connectivity index (χ3n) is 4.15. The summed E-state index contributed by atoms with van der Waals surface area (Å²) in [5.41, 5.74) is 0. The normalized spacial score (nSPS) is 40.0. The summed E-state index contributed by atoms with van der Waals surface area (Å²) in [6.45, 7) is 8.52. The quantitative estimate of drug-likeness (QED) is 0.714. The number of nitrogens with one attached hydrogen (secondary N) is 1. The number of nitrogens with zero attached hydrogens (tertiary/aromatic N) is 1. The van der Waals surface area contributed by atoms with E-state index < -0.39 is 0 Å². The molecule has 0 amide bonds. The zero-order valence-corrected chi connectivity index (χ0v) is 10.3. The molecule has 1 heterocycles. The third-order valence-corrected chi connectivity index (χ3v) is 4.15. The van der Waals surface area contributed by atoms with Crippen molar-refractivity contribution in [3.05, 3.63) is 0 Å². The van der Waals surface area contributed by atoms with Crippen LogP contribution in [-0.2, 0) is 0 Å². The summed E-state index contributed by atoms with van der Waals surface area (Å²) in [6, 6.07) is 1.62. The van der Waals surface area contributed by atoms with E-state index in [0.29, 0.717) is 0 Å². The lowest BCUT2D eigenvalue weighted by Crippen LogP contribution is -2.46. The summed E-state index contributed by atoms with van der Waals surface area (Å²) >= 11 is 0. The largest absolute Gasteiger partial charge is 0.315 e. The predicted octanol–water partition coefficient (Wildman–Crippen LogP) is 2.25. The molecule has 2 aliphatic rings. The Kier molecular flexibility index (Phi) is 4.04. The van der Waals surface area contributed by atoms with Gasteiger partial charge in [0.15, 0.2) is 0 Å². The van der Waals surface area contributed by atoms with Gasteiger partial charge in [0.25, 0.3) is 0 Å². The Hall–Kier alpha value is -0.0800. The summed E-state index contributed by atoms with van der Waals surface area (Å²) in [5, 5.41) is 3.54. The van der Waals surface area contributed by atoms with Crippen LogP contribution in [-0.4, -0.2) is 36.6 Å². The van der Waals surface area contributed by atoms with Crippen LogP contribution in [0.15, 0.2) is 0 Å². The molecule has 0 aromatic rings. The first kappa shape index (κ1) is 11.4. The van der Waals surface area contributed by atoms with Gasteiger partial charge in [0, 0.05) is 18.6 Å². The Bertz CT molecular complexity index is 193. The first-order valence-corrected chi connectivity index (χ1v) is 6.74. The molecular weight excluding hydrogens is 184 g/mol. The predicted molar refractivity (Wildman–Crippen MR) is 65.1 cm³/mol. The standard InChI is InChI=1S/C13H26N2/c1-11-5-3-6-13(9-11)15-8-4-7-14-10-12(15)2/h11-14H,3-10H2,1-2H3. The van der Waals surface area contributed by atoms with Gasteiger partial charge in [-0.15, -0.1) is 0 Å². The maximum absolute atomic E-state index is 3.54. The van der Waals surface area contributed by atoms with Crippen molar-refractivity contribution in [2.24, 2.45) is 5.92 Å². The van der Waals surface area contributed by atoms with E-state index in [9.17, 15) is 0 Å². The smallest absolute Gasteiger partial charge is 0.0195 e. The SMILES string of the molecule is CC1CCCC(N2CCCNCC2C)C1. The summed E-state index contributed by atoms with van der Waals surface area (Å²) in [4.78, 5) is 2.77. The Balaban J connectivity index is 1.94. The van der Waals surface area contributed by atoms with Crippen molar-refractivity contribution in [2.45, 2.75) is 58.0 Å². The van der Waals surface area contributed by atoms with E-state index in [0.717, 1.165) is 18.0 Å². The van der Waals surface area contributed by atoms with Gasteiger partial charge in [-0.1, -0.05) is 19.8 Å². The fraction of sp³-hybridized carbons (Fsp3) is 1.00. The fourth-order valence-corrected chi connectivity index (χ4v) is 3.28. The molecule has 2 fully saturated rings. The molecule has 0 bridgehead atoms. The lowest BCUT2D eigenvalue weighted by molar-refractivity contribution is 0.104. The highest BCUT2D eigenvalue weighted by Crippen LogP contribution is 2.28. The molecule has 0 aromatic carbocycles. The van der Waals surface area contributed by atoms with Gasteiger partial charge in [-0.2, -0.15) is 0 Å². The van der Waals surface area contributed by atoms with Crippen molar-refractivity contribution in [3.63, 3.8) is 0 Å². The van der Waals surface area contributed by atoms with Crippen molar-refractivity contribution < 1.29 is 0 Å². The second kappa shape index (κ2) is 5.31. The molecule has 2 heteroatoms. The molecule has 15 heavy (non-hydrogen) atoms. The average Bonchev–Trinajstić information content (AvgIpc) is 2.43. The highest BCUT2D eigenvalue weighted by Gasteiger charge is 2.28. The molecule has 1 aliphatic carbocycles. The Labute approximate surface area is 94.4 Å². The van der Waals surface area contributed by atoms with Gasteiger partial charge in [-0.3, -0.25) is 4.90 Å². The molecule has 3 atom stereocenters. The Morgan fingerprint density at radius 2 is 2.00 bits per heavy atom. The lowest BCUT2D eigenvalue weighted by atomic mass is 9.85. The molecular formula is C13H26N2. The summed E-state index contributed by atoms with van der Waals surface area (Å²) < 4.78 is 0. The number of hydrogen-bond acceptors (Lipinski definition) is 2. The van der Waals surface area contributed by atoms with Crippen LogP contribution < -0.4 is 5.32 Å². The van der Waals surface area contributed by atoms with Crippen molar-refractivity contribution in [2.75, 3.05) is 19.6 Å². The highest BCUT2D eigenvalue weighted by atomic mass is 15.2. The molecule has 88 valence electrons. The molecule has 1 saturated heterocycles. The van der Waals surface area contributed by atoms with Crippen molar-refractivity contribution >= 4 is 0 Å². The van der Waals surface area contributed by atoms with Gasteiger partial charge >= 0.3 is 0 Å². The van der Waals surface area contributed by atoms with Crippen LogP contribution in [0.1, 0.15) is 46.0 Å². The van der Waals surface area contributed by atoms with Gasteiger partial charge in [-0.25, -0.2) is 0 Å². The van der Waals surface area contributed by atoms with Gasteiger partial charge in [0.05, 0.1) is 0 Å². The maximum atomic E-state index is 3.54. The van der Waals surface area contributed by atoms with Crippen LogP contribution >= 0.6 is 0 Å². The van der Waals surface area contributed by atoms with Gasteiger partial charge in [0.1, 0.15) is 0 Å². The minimum Gasteiger partial charge on any atom is -0.315 e. The zero-order valence-electron chi connectivity index (χ0n) is 10.3. The second-order valence-corrected chi connectivity index (χ2v) is 5.57. The number of hydrogen-bond donors (Lipinski definition) is 1. The van der Waals surface area contributed by atoms with Crippen molar-refractivity contribution in [1.82, 2.24) is 10.2 Å². The van der Waals surface area contributed by atoms with E-state index in [4.69, 9.17) is 0 Å². The molecule has 1 aliphatic heterocycles. The monoisotopic (exact) mass is 210 g/mol. The van der Waals surface area contributed by atoms with Crippen LogP contribution in [0.4, 0.5) is 0 Å². The van der Waals surface area contributed by atoms with Crippen LogP contribution in [0, 0.1) is 5.92 Å². The van der Waals surface area contributed by atoms with Crippen LogP contribution in [0.5, 0.6) is 0 Å². The van der Waals surface area contributed by atoms with E-state index in [1.165, 1.54) is 51.7 Å². The van der Waals surface area contributed by atoms with E-state index >= 15 is 0 Å². The van der Waals surface area contributed by atoms with E-state index in [2.05, 4.69) is 24.1 Å². The highest BCUT2D eigenvalue weighted by molar-refractivity contribution is 4.84. The van der Waals surface area contributed by atoms with Gasteiger partial charge < -0.3 is 5.32 Å². The molecule has 0 spiro atoms. The minimum atomic E-state index is 0.739. The molecule has 2 nitrogen and oxygen atoms in total. The first-order chi connectivity index (χ1) is 7.27. The van der Waals surface area contributed by atoms with Crippen molar-refractivity contribution in [3.8, 4) is 0 Å². The molecule has 0 aromatic heterocycles. The van der Waals surface area contributed by atoms with E-state index in [1.54, 1.807) is 0 Å². The molecule has 1 saturated carbocycles. The third kappa shape index (κ3) is 2.94. The molecule has 2 rings (SSSR count). The summed E-state index contributed by atoms with van der Waals surface area (Å²) in [7, 11) is 0. The van der Waals surface area contributed by atoms with E-state index in [-0.39, 0.29) is 0 Å². The number of rotatable bonds is 1. The molecule has 1 N–H and O–H groups in total. The average molecular weight is 210 g/mol. The summed E-state index contributed by atoms with van der Waals surface area (Å²) in [6.07, 6.45) is 7.10. The van der Waals surface area contributed by atoms with Crippen LogP contribution in [0.2, 0.25) is 0 Å².